The van der Waals surface area contributed by atoms with Gasteiger partial charge in [0.2, 0.25) is 0 Å². The fourth-order valence-corrected chi connectivity index (χ4v) is 6.13. The van der Waals surface area contributed by atoms with Crippen molar-refractivity contribution in [2.75, 3.05) is 18.5 Å². The molecule has 0 aromatic heterocycles. The Morgan fingerprint density at radius 2 is 1.87 bits per heavy atom. The molecule has 1 aliphatic carbocycles. The highest BCUT2D eigenvalue weighted by molar-refractivity contribution is 5.84. The molecule has 1 saturated heterocycles. The van der Waals surface area contributed by atoms with Crippen molar-refractivity contribution in [3.8, 4) is 5.75 Å². The fraction of sp³-hybridized carbons (Fsp3) is 0.480. The van der Waals surface area contributed by atoms with Gasteiger partial charge < -0.3 is 14.2 Å². The second-order valence-electron chi connectivity index (χ2n) is 9.40. The predicted octanol–water partition coefficient (Wildman–Crippen LogP) is 5.44. The van der Waals surface area contributed by atoms with Gasteiger partial charge in [-0.1, -0.05) is 50.2 Å². The topological polar surface area (TPSA) is 56.8 Å². The molecule has 5 heteroatoms. The summed E-state index contributed by atoms with van der Waals surface area (Å²) in [5, 5.41) is 2.82. The third-order valence-electron chi connectivity index (χ3n) is 7.76. The summed E-state index contributed by atoms with van der Waals surface area (Å²) in [7, 11) is 0. The van der Waals surface area contributed by atoms with Crippen LogP contribution in [0.5, 0.6) is 5.75 Å². The molecule has 2 fully saturated rings. The highest BCUT2D eigenvalue weighted by atomic mass is 16.6. The van der Waals surface area contributed by atoms with E-state index < -0.39 is 6.09 Å². The number of rotatable bonds is 3. The van der Waals surface area contributed by atoms with Gasteiger partial charge in [0, 0.05) is 22.6 Å². The van der Waals surface area contributed by atoms with Gasteiger partial charge in [0.25, 0.3) is 0 Å². The minimum atomic E-state index is -0.421. The first-order chi connectivity index (χ1) is 14.4. The van der Waals surface area contributed by atoms with Crippen LogP contribution < -0.4 is 10.1 Å². The van der Waals surface area contributed by atoms with Crippen LogP contribution in [0.4, 0.5) is 10.5 Å². The smallest absolute Gasteiger partial charge is 0.411 e. The summed E-state index contributed by atoms with van der Waals surface area (Å²) in [5.41, 5.74) is 1.37. The molecule has 1 N–H and O–H groups in total. The van der Waals surface area contributed by atoms with Crippen LogP contribution in [-0.2, 0) is 9.47 Å². The largest absolute Gasteiger partial charge is 0.487 e. The molecule has 0 unspecified atom stereocenters. The Bertz CT molecular complexity index is 947. The number of hydrogen-bond acceptors (Lipinski definition) is 4. The molecule has 6 atom stereocenters. The van der Waals surface area contributed by atoms with Crippen molar-refractivity contribution in [1.29, 1.82) is 0 Å². The van der Waals surface area contributed by atoms with Gasteiger partial charge in [-0.25, -0.2) is 4.79 Å². The first-order valence-electron chi connectivity index (χ1n) is 10.8. The second kappa shape index (κ2) is 7.02. The number of para-hydroxylation sites is 2. The van der Waals surface area contributed by atoms with Gasteiger partial charge in [0.15, 0.2) is 0 Å². The number of carbonyl (C=O) groups is 1. The molecule has 1 saturated carbocycles. The summed E-state index contributed by atoms with van der Waals surface area (Å²) in [6.45, 7) is 7.66. The summed E-state index contributed by atoms with van der Waals surface area (Å²) in [5.74, 6) is 1.75. The zero-order chi connectivity index (χ0) is 20.9. The minimum absolute atomic E-state index is 0.0220. The van der Waals surface area contributed by atoms with E-state index in [1.165, 1.54) is 0 Å². The van der Waals surface area contributed by atoms with E-state index in [1.54, 1.807) is 0 Å². The van der Waals surface area contributed by atoms with Crippen LogP contribution in [0.2, 0.25) is 0 Å². The normalized spacial score (nSPS) is 36.2. The fourth-order valence-electron chi connectivity index (χ4n) is 6.13. The van der Waals surface area contributed by atoms with E-state index in [9.17, 15) is 4.79 Å². The van der Waals surface area contributed by atoms with Gasteiger partial charge in [-0.3, -0.25) is 5.32 Å². The Morgan fingerprint density at radius 1 is 1.13 bits per heavy atom. The first-order valence-corrected chi connectivity index (χ1v) is 10.8. The van der Waals surface area contributed by atoms with Gasteiger partial charge in [0.1, 0.15) is 18.0 Å². The van der Waals surface area contributed by atoms with Crippen molar-refractivity contribution in [3.63, 3.8) is 0 Å². The quantitative estimate of drug-likeness (QED) is 0.736. The monoisotopic (exact) mass is 407 g/mol. The Hall–Kier alpha value is -2.53. The summed E-state index contributed by atoms with van der Waals surface area (Å²) < 4.78 is 18.8. The molecule has 2 bridgehead atoms. The Labute approximate surface area is 177 Å². The molecule has 2 aromatic carbocycles. The lowest BCUT2D eigenvalue weighted by atomic mass is 9.50. The predicted molar refractivity (Wildman–Crippen MR) is 114 cm³/mol. The average molecular weight is 408 g/mol. The van der Waals surface area contributed by atoms with Crippen LogP contribution >= 0.6 is 0 Å². The maximum absolute atomic E-state index is 12.4. The molecule has 0 radical (unpaired) electrons. The van der Waals surface area contributed by atoms with E-state index in [2.05, 4.69) is 32.2 Å². The van der Waals surface area contributed by atoms with Crippen molar-refractivity contribution in [2.24, 2.45) is 23.2 Å². The van der Waals surface area contributed by atoms with Crippen molar-refractivity contribution < 1.29 is 19.0 Å². The molecule has 2 heterocycles. The SMILES string of the molecule is C[C@H]1C[C@@]2(C)Oc3ccccc3[C@H]3OC[C@]1(COC(=O)Nc1ccccc1)[C@@H](C)[C@H]32. The zero-order valence-electron chi connectivity index (χ0n) is 17.8. The van der Waals surface area contributed by atoms with Crippen molar-refractivity contribution in [3.05, 3.63) is 60.2 Å². The number of ether oxygens (including phenoxy) is 3. The highest BCUT2D eigenvalue weighted by Gasteiger charge is 2.64. The van der Waals surface area contributed by atoms with Crippen molar-refractivity contribution in [1.82, 2.24) is 0 Å². The average Bonchev–Trinajstić information content (AvgIpc) is 2.73. The van der Waals surface area contributed by atoms with Crippen LogP contribution in [0.15, 0.2) is 54.6 Å². The Kier molecular flexibility index (Phi) is 4.55. The molecular weight excluding hydrogens is 378 g/mol. The molecule has 3 aliphatic rings. The van der Waals surface area contributed by atoms with Crippen LogP contribution in [0.3, 0.4) is 0 Å². The van der Waals surface area contributed by atoms with E-state index in [4.69, 9.17) is 14.2 Å². The number of hydrogen-bond donors (Lipinski definition) is 1. The van der Waals surface area contributed by atoms with Crippen LogP contribution in [-0.4, -0.2) is 24.9 Å². The van der Waals surface area contributed by atoms with E-state index in [0.717, 1.165) is 23.4 Å². The molecule has 30 heavy (non-hydrogen) atoms. The van der Waals surface area contributed by atoms with E-state index in [-0.39, 0.29) is 23.0 Å². The third-order valence-corrected chi connectivity index (χ3v) is 7.76. The van der Waals surface area contributed by atoms with Crippen LogP contribution in [0, 0.1) is 23.2 Å². The van der Waals surface area contributed by atoms with Crippen LogP contribution in [0.25, 0.3) is 0 Å². The van der Waals surface area contributed by atoms with Gasteiger partial charge in [-0.05, 0) is 43.4 Å². The van der Waals surface area contributed by atoms with Gasteiger partial charge in [0.05, 0.1) is 12.7 Å². The lowest BCUT2D eigenvalue weighted by molar-refractivity contribution is -0.259. The van der Waals surface area contributed by atoms with Crippen LogP contribution in [0.1, 0.15) is 38.9 Å². The number of nitrogens with one attached hydrogen (secondary N) is 1. The number of anilines is 1. The van der Waals surface area contributed by atoms with Gasteiger partial charge in [-0.15, -0.1) is 0 Å². The first kappa shape index (κ1) is 19.4. The molecular formula is C25H29NO4. The summed E-state index contributed by atoms with van der Waals surface area (Å²) in [6, 6.07) is 17.6. The summed E-state index contributed by atoms with van der Waals surface area (Å²) in [6.07, 6.45) is 0.518. The molecule has 0 spiro atoms. The lowest BCUT2D eigenvalue weighted by Crippen LogP contribution is -2.66. The maximum atomic E-state index is 12.4. The molecule has 1 amide bonds. The molecule has 2 aromatic rings. The third kappa shape index (κ3) is 2.90. The number of amides is 1. The maximum Gasteiger partial charge on any atom is 0.411 e. The highest BCUT2D eigenvalue weighted by Crippen LogP contribution is 2.63. The molecule has 158 valence electrons. The van der Waals surface area contributed by atoms with Gasteiger partial charge >= 0.3 is 6.09 Å². The Morgan fingerprint density at radius 3 is 2.67 bits per heavy atom. The molecule has 5 nitrogen and oxygen atoms in total. The second-order valence-corrected chi connectivity index (χ2v) is 9.40. The molecule has 2 aliphatic heterocycles. The van der Waals surface area contributed by atoms with E-state index in [1.807, 2.05) is 48.5 Å². The number of fused-ring (bicyclic) bond motifs is 3. The minimum Gasteiger partial charge on any atom is -0.487 e. The van der Waals surface area contributed by atoms with Gasteiger partial charge in [-0.2, -0.15) is 0 Å². The Balaban J connectivity index is 1.38. The zero-order valence-corrected chi connectivity index (χ0v) is 17.8. The van der Waals surface area contributed by atoms with E-state index >= 15 is 0 Å². The molecule has 5 rings (SSSR count). The summed E-state index contributed by atoms with van der Waals surface area (Å²) >= 11 is 0. The summed E-state index contributed by atoms with van der Waals surface area (Å²) in [4.78, 5) is 12.4. The van der Waals surface area contributed by atoms with Crippen molar-refractivity contribution in [2.45, 2.75) is 38.9 Å². The lowest BCUT2D eigenvalue weighted by Gasteiger charge is -2.63. The standard InChI is InChI=1S/C25H29NO4/c1-16-13-24(3)21-17(2)25(16,15-29-23(27)26-18-9-5-4-6-10-18)14-28-22(21)19-11-7-8-12-20(19)30-24/h4-12,16-17,21-22H,13-15H2,1-3H3,(H,26,27)/t16-,17-,21+,22+,24+,25+/m0/s1. The number of benzene rings is 2. The van der Waals surface area contributed by atoms with E-state index in [0.29, 0.717) is 25.0 Å². The van der Waals surface area contributed by atoms with Crippen molar-refractivity contribution >= 4 is 11.8 Å². The number of carbonyl (C=O) groups excluding carboxylic acids is 1.